The molecular weight excluding hydrogens is 394 g/mol. The Morgan fingerprint density at radius 2 is 1.90 bits per heavy atom. The maximum atomic E-state index is 13.2. The van der Waals surface area contributed by atoms with Crippen LogP contribution in [0.1, 0.15) is 57.3 Å². The van der Waals surface area contributed by atoms with Crippen molar-refractivity contribution in [2.24, 2.45) is 0 Å². The Morgan fingerprint density at radius 3 is 2.65 bits per heavy atom. The fraction of sp³-hybridized carbons (Fsp3) is 0.304. The molecule has 3 aromatic rings. The van der Waals surface area contributed by atoms with Crippen LogP contribution >= 0.6 is 0 Å². The molecule has 3 heterocycles. The lowest BCUT2D eigenvalue weighted by atomic mass is 10.0. The van der Waals surface area contributed by atoms with E-state index in [0.717, 1.165) is 12.0 Å². The molecule has 1 aromatic carbocycles. The van der Waals surface area contributed by atoms with Crippen LogP contribution in [0.25, 0.3) is 0 Å². The molecular formula is C23H25N5O3. The number of ether oxygens (including phenoxy) is 1. The third kappa shape index (κ3) is 4.64. The second-order valence-corrected chi connectivity index (χ2v) is 7.29. The van der Waals surface area contributed by atoms with E-state index in [1.807, 2.05) is 41.8 Å². The first-order chi connectivity index (χ1) is 15.2. The zero-order valence-electron chi connectivity index (χ0n) is 17.4. The van der Waals surface area contributed by atoms with Gasteiger partial charge in [-0.2, -0.15) is 0 Å². The van der Waals surface area contributed by atoms with Crippen molar-refractivity contribution in [1.29, 1.82) is 0 Å². The Bertz CT molecular complexity index is 1050. The van der Waals surface area contributed by atoms with Gasteiger partial charge in [0, 0.05) is 18.9 Å². The summed E-state index contributed by atoms with van der Waals surface area (Å²) in [5, 5.41) is 5.94. The number of aromatic nitrogens is 3. The smallest absolute Gasteiger partial charge is 0.268 e. The Labute approximate surface area is 180 Å². The first-order valence-corrected chi connectivity index (χ1v) is 10.4. The number of nitrogens with zero attached hydrogens (tertiary/aromatic N) is 3. The molecule has 8 heteroatoms. The Kier molecular flexibility index (Phi) is 6.37. The quantitative estimate of drug-likeness (QED) is 0.614. The van der Waals surface area contributed by atoms with Gasteiger partial charge in [-0.25, -0.2) is 9.97 Å². The van der Waals surface area contributed by atoms with Crippen molar-refractivity contribution in [2.45, 2.75) is 39.1 Å². The lowest BCUT2D eigenvalue weighted by Gasteiger charge is -2.21. The van der Waals surface area contributed by atoms with Crippen LogP contribution in [0.5, 0.6) is 0 Å². The van der Waals surface area contributed by atoms with Gasteiger partial charge in [0.15, 0.2) is 0 Å². The number of amides is 2. The van der Waals surface area contributed by atoms with E-state index in [4.69, 9.17) is 4.74 Å². The van der Waals surface area contributed by atoms with Gasteiger partial charge in [-0.3, -0.25) is 9.59 Å². The predicted octanol–water partition coefficient (Wildman–Crippen LogP) is 2.62. The summed E-state index contributed by atoms with van der Waals surface area (Å²) in [4.78, 5) is 34.2. The average Bonchev–Trinajstić information content (AvgIpc) is 3.22. The van der Waals surface area contributed by atoms with Crippen molar-refractivity contribution >= 4 is 11.8 Å². The number of carbonyl (C=O) groups is 2. The van der Waals surface area contributed by atoms with Gasteiger partial charge in [0.25, 0.3) is 11.8 Å². The van der Waals surface area contributed by atoms with Gasteiger partial charge in [-0.1, -0.05) is 37.3 Å². The predicted molar refractivity (Wildman–Crippen MR) is 114 cm³/mol. The molecule has 0 saturated heterocycles. The first kappa shape index (κ1) is 20.7. The Hall–Kier alpha value is -3.52. The van der Waals surface area contributed by atoms with E-state index in [9.17, 15) is 9.59 Å². The summed E-state index contributed by atoms with van der Waals surface area (Å²) in [6.07, 6.45) is 4.01. The molecule has 160 valence electrons. The number of carbonyl (C=O) groups excluding carboxylic acids is 2. The number of benzene rings is 1. The van der Waals surface area contributed by atoms with E-state index in [-0.39, 0.29) is 31.0 Å². The maximum Gasteiger partial charge on any atom is 0.268 e. The van der Waals surface area contributed by atoms with E-state index < -0.39 is 0 Å². The lowest BCUT2D eigenvalue weighted by molar-refractivity contribution is 0.0775. The van der Waals surface area contributed by atoms with Crippen molar-refractivity contribution in [3.05, 3.63) is 83.2 Å². The van der Waals surface area contributed by atoms with E-state index in [0.29, 0.717) is 35.9 Å². The molecule has 0 spiro atoms. The summed E-state index contributed by atoms with van der Waals surface area (Å²) in [5.41, 5.74) is 2.66. The molecule has 2 N–H and O–H groups in total. The number of nitrogens with one attached hydrogen (secondary N) is 2. The van der Waals surface area contributed by atoms with E-state index in [1.165, 1.54) is 0 Å². The van der Waals surface area contributed by atoms with Crippen molar-refractivity contribution in [2.75, 3.05) is 6.61 Å². The normalized spacial score (nSPS) is 13.8. The second kappa shape index (κ2) is 9.53. The van der Waals surface area contributed by atoms with Crippen LogP contribution in [0.15, 0.2) is 54.9 Å². The summed E-state index contributed by atoms with van der Waals surface area (Å²) in [5.74, 6) is 0.0342. The van der Waals surface area contributed by atoms with Crippen molar-refractivity contribution < 1.29 is 14.3 Å². The molecule has 1 aliphatic rings. The van der Waals surface area contributed by atoms with Crippen molar-refractivity contribution in [1.82, 2.24) is 25.2 Å². The molecule has 0 saturated carbocycles. The molecule has 0 fully saturated rings. The SMILES string of the molecule is CCC(NC(=O)c1cc(C(=O)NCc2ncccn2)c2n1CCOC2)c1ccccc1. The zero-order chi connectivity index (χ0) is 21.6. The molecule has 0 bridgehead atoms. The van der Waals surface area contributed by atoms with Gasteiger partial charge >= 0.3 is 0 Å². The van der Waals surface area contributed by atoms with E-state index in [2.05, 4.69) is 20.6 Å². The van der Waals surface area contributed by atoms with Crippen molar-refractivity contribution in [3.63, 3.8) is 0 Å². The number of fused-ring (bicyclic) bond motifs is 1. The van der Waals surface area contributed by atoms with Crippen LogP contribution in [0.2, 0.25) is 0 Å². The first-order valence-electron chi connectivity index (χ1n) is 10.4. The third-order valence-electron chi connectivity index (χ3n) is 5.33. The van der Waals surface area contributed by atoms with Crippen LogP contribution in [-0.2, 0) is 24.4 Å². The summed E-state index contributed by atoms with van der Waals surface area (Å²) >= 11 is 0. The zero-order valence-corrected chi connectivity index (χ0v) is 17.4. The number of rotatable bonds is 7. The minimum absolute atomic E-state index is 0.104. The van der Waals surface area contributed by atoms with Crippen LogP contribution in [0.4, 0.5) is 0 Å². The molecule has 2 amide bonds. The van der Waals surface area contributed by atoms with E-state index in [1.54, 1.807) is 24.5 Å². The largest absolute Gasteiger partial charge is 0.373 e. The van der Waals surface area contributed by atoms with Gasteiger partial charge in [-0.05, 0) is 24.1 Å². The molecule has 2 aromatic heterocycles. The fourth-order valence-corrected chi connectivity index (χ4v) is 3.72. The Balaban J connectivity index is 1.55. The minimum atomic E-state index is -0.282. The molecule has 1 atom stereocenters. The minimum Gasteiger partial charge on any atom is -0.373 e. The Morgan fingerprint density at radius 1 is 1.13 bits per heavy atom. The van der Waals surface area contributed by atoms with Gasteiger partial charge < -0.3 is 19.9 Å². The summed E-state index contributed by atoms with van der Waals surface area (Å²) < 4.78 is 7.44. The van der Waals surface area contributed by atoms with E-state index >= 15 is 0 Å². The molecule has 0 radical (unpaired) electrons. The van der Waals surface area contributed by atoms with Gasteiger partial charge in [0.1, 0.15) is 11.5 Å². The van der Waals surface area contributed by atoms with Gasteiger partial charge in [-0.15, -0.1) is 0 Å². The molecule has 31 heavy (non-hydrogen) atoms. The summed E-state index contributed by atoms with van der Waals surface area (Å²) in [7, 11) is 0. The molecule has 4 rings (SSSR count). The van der Waals surface area contributed by atoms with Crippen LogP contribution < -0.4 is 10.6 Å². The molecule has 8 nitrogen and oxygen atoms in total. The number of hydrogen-bond donors (Lipinski definition) is 2. The highest BCUT2D eigenvalue weighted by molar-refractivity contribution is 6.00. The fourth-order valence-electron chi connectivity index (χ4n) is 3.72. The topological polar surface area (TPSA) is 98.1 Å². The number of hydrogen-bond acceptors (Lipinski definition) is 5. The molecule has 1 unspecified atom stereocenters. The van der Waals surface area contributed by atoms with Crippen LogP contribution in [0, 0.1) is 0 Å². The maximum absolute atomic E-state index is 13.2. The van der Waals surface area contributed by atoms with Crippen molar-refractivity contribution in [3.8, 4) is 0 Å². The standard InChI is InChI=1S/C23H25N5O3/c1-2-18(16-7-4-3-5-8-16)27-23(30)19-13-17(20-15-31-12-11-28(19)20)22(29)26-14-21-24-9-6-10-25-21/h3-10,13,18H,2,11-12,14-15H2,1H3,(H,26,29)(H,27,30). The highest BCUT2D eigenvalue weighted by Gasteiger charge is 2.27. The van der Waals surface area contributed by atoms with Crippen LogP contribution in [0.3, 0.4) is 0 Å². The molecule has 0 aliphatic carbocycles. The lowest BCUT2D eigenvalue weighted by Crippen LogP contribution is -2.31. The highest BCUT2D eigenvalue weighted by atomic mass is 16.5. The summed E-state index contributed by atoms with van der Waals surface area (Å²) in [6.45, 7) is 3.54. The average molecular weight is 419 g/mol. The summed E-state index contributed by atoms with van der Waals surface area (Å²) in [6, 6.07) is 13.1. The second-order valence-electron chi connectivity index (χ2n) is 7.29. The van der Waals surface area contributed by atoms with Gasteiger partial charge in [0.05, 0.1) is 37.1 Å². The third-order valence-corrected chi connectivity index (χ3v) is 5.33. The monoisotopic (exact) mass is 419 g/mol. The van der Waals surface area contributed by atoms with Crippen LogP contribution in [-0.4, -0.2) is 33.0 Å². The molecule has 1 aliphatic heterocycles. The van der Waals surface area contributed by atoms with Gasteiger partial charge in [0.2, 0.25) is 0 Å². The highest BCUT2D eigenvalue weighted by Crippen LogP contribution is 2.23.